The number of hydrogen-bond donors (Lipinski definition) is 1. The van der Waals surface area contributed by atoms with Crippen LogP contribution in [0.3, 0.4) is 0 Å². The zero-order valence-corrected chi connectivity index (χ0v) is 10.8. The summed E-state index contributed by atoms with van der Waals surface area (Å²) in [6.07, 6.45) is 1.84. The highest BCUT2D eigenvalue weighted by Gasteiger charge is 2.10. The van der Waals surface area contributed by atoms with Gasteiger partial charge in [-0.15, -0.1) is 0 Å². The van der Waals surface area contributed by atoms with Gasteiger partial charge in [-0.05, 0) is 19.1 Å². The molecule has 2 heterocycles. The second kappa shape index (κ2) is 4.75. The van der Waals surface area contributed by atoms with Crippen LogP contribution in [0.1, 0.15) is 25.3 Å². The molecule has 2 rings (SSSR count). The monoisotopic (exact) mass is 233 g/mol. The predicted molar refractivity (Wildman–Crippen MR) is 67.6 cm³/mol. The van der Waals surface area contributed by atoms with Crippen LogP contribution in [-0.4, -0.2) is 15.8 Å². The standard InChI is InChI=1S/C13H19N3O/c1-9(2)14-7-11-5-6-13(17-11)12-8-15-16(4)10(12)3/h5-6,8-9,14H,7H2,1-4H3. The highest BCUT2D eigenvalue weighted by Crippen LogP contribution is 2.24. The first kappa shape index (κ1) is 11.9. The number of nitrogens with zero attached hydrogens (tertiary/aromatic N) is 2. The van der Waals surface area contributed by atoms with Crippen LogP contribution in [0.25, 0.3) is 11.3 Å². The van der Waals surface area contributed by atoms with E-state index in [1.54, 1.807) is 0 Å². The highest BCUT2D eigenvalue weighted by atomic mass is 16.3. The SMILES string of the molecule is Cc1c(-c2ccc(CNC(C)C)o2)cnn1C. The maximum absolute atomic E-state index is 5.80. The van der Waals surface area contributed by atoms with Crippen molar-refractivity contribution in [2.24, 2.45) is 7.05 Å². The van der Waals surface area contributed by atoms with Gasteiger partial charge >= 0.3 is 0 Å². The van der Waals surface area contributed by atoms with E-state index in [-0.39, 0.29) is 0 Å². The molecule has 0 radical (unpaired) electrons. The van der Waals surface area contributed by atoms with Crippen LogP contribution in [-0.2, 0) is 13.6 Å². The summed E-state index contributed by atoms with van der Waals surface area (Å²) >= 11 is 0. The van der Waals surface area contributed by atoms with Gasteiger partial charge in [-0.3, -0.25) is 4.68 Å². The van der Waals surface area contributed by atoms with Gasteiger partial charge in [0.2, 0.25) is 0 Å². The van der Waals surface area contributed by atoms with Gasteiger partial charge in [0, 0.05) is 18.8 Å². The lowest BCUT2D eigenvalue weighted by atomic mass is 10.2. The van der Waals surface area contributed by atoms with Gasteiger partial charge in [-0.1, -0.05) is 13.8 Å². The molecule has 0 saturated heterocycles. The Hall–Kier alpha value is -1.55. The van der Waals surface area contributed by atoms with E-state index in [1.807, 2.05) is 37.0 Å². The normalized spacial score (nSPS) is 11.4. The molecule has 2 aromatic heterocycles. The summed E-state index contributed by atoms with van der Waals surface area (Å²) in [4.78, 5) is 0. The Labute approximate surface area is 102 Å². The fourth-order valence-electron chi connectivity index (χ4n) is 1.66. The largest absolute Gasteiger partial charge is 0.460 e. The third-order valence-corrected chi connectivity index (χ3v) is 2.85. The van der Waals surface area contributed by atoms with Crippen LogP contribution in [0.2, 0.25) is 0 Å². The molecule has 0 fully saturated rings. The summed E-state index contributed by atoms with van der Waals surface area (Å²) in [5.41, 5.74) is 2.17. The lowest BCUT2D eigenvalue weighted by Gasteiger charge is -2.05. The number of rotatable bonds is 4. The molecule has 0 unspecified atom stereocenters. The number of hydrogen-bond acceptors (Lipinski definition) is 3. The Morgan fingerprint density at radius 2 is 2.18 bits per heavy atom. The van der Waals surface area contributed by atoms with Gasteiger partial charge in [-0.25, -0.2) is 0 Å². The molecule has 0 atom stereocenters. The van der Waals surface area contributed by atoms with Crippen molar-refractivity contribution < 1.29 is 4.42 Å². The van der Waals surface area contributed by atoms with Gasteiger partial charge in [0.15, 0.2) is 0 Å². The molecule has 0 aromatic carbocycles. The average Bonchev–Trinajstić information content (AvgIpc) is 2.85. The van der Waals surface area contributed by atoms with Crippen molar-refractivity contribution in [2.75, 3.05) is 0 Å². The zero-order valence-electron chi connectivity index (χ0n) is 10.8. The second-order valence-electron chi connectivity index (χ2n) is 4.57. The van der Waals surface area contributed by atoms with Crippen LogP contribution >= 0.6 is 0 Å². The molecule has 4 heteroatoms. The molecular weight excluding hydrogens is 214 g/mol. The minimum atomic E-state index is 0.462. The van der Waals surface area contributed by atoms with E-state index in [4.69, 9.17) is 4.42 Å². The summed E-state index contributed by atoms with van der Waals surface area (Å²) < 4.78 is 7.65. The Morgan fingerprint density at radius 3 is 2.76 bits per heavy atom. The molecule has 0 amide bonds. The Kier molecular flexibility index (Phi) is 3.33. The predicted octanol–water partition coefficient (Wildman–Crippen LogP) is 2.49. The Bertz CT molecular complexity index is 496. The van der Waals surface area contributed by atoms with Crippen molar-refractivity contribution in [1.29, 1.82) is 0 Å². The fraction of sp³-hybridized carbons (Fsp3) is 0.462. The number of furan rings is 1. The summed E-state index contributed by atoms with van der Waals surface area (Å²) in [6, 6.07) is 4.47. The Balaban J connectivity index is 2.15. The maximum atomic E-state index is 5.80. The first-order chi connectivity index (χ1) is 8.08. The van der Waals surface area contributed by atoms with Crippen molar-refractivity contribution in [2.45, 2.75) is 33.4 Å². The molecule has 0 aliphatic heterocycles. The molecule has 2 aromatic rings. The molecule has 0 bridgehead atoms. The lowest BCUT2D eigenvalue weighted by Crippen LogP contribution is -2.21. The first-order valence-corrected chi connectivity index (χ1v) is 5.89. The van der Waals surface area contributed by atoms with E-state index in [0.29, 0.717) is 6.04 Å². The highest BCUT2D eigenvalue weighted by molar-refractivity contribution is 5.59. The lowest BCUT2D eigenvalue weighted by molar-refractivity contribution is 0.473. The van der Waals surface area contributed by atoms with Crippen molar-refractivity contribution in [3.8, 4) is 11.3 Å². The summed E-state index contributed by atoms with van der Waals surface area (Å²) in [7, 11) is 1.93. The van der Waals surface area contributed by atoms with Crippen molar-refractivity contribution in [3.05, 3.63) is 29.8 Å². The molecule has 0 aliphatic carbocycles. The second-order valence-corrected chi connectivity index (χ2v) is 4.57. The molecule has 17 heavy (non-hydrogen) atoms. The van der Waals surface area contributed by atoms with Crippen LogP contribution in [0.5, 0.6) is 0 Å². The molecule has 92 valence electrons. The molecule has 0 aliphatic rings. The third-order valence-electron chi connectivity index (χ3n) is 2.85. The third kappa shape index (κ3) is 2.58. The topological polar surface area (TPSA) is 43.0 Å². The van der Waals surface area contributed by atoms with Gasteiger partial charge in [-0.2, -0.15) is 5.10 Å². The molecule has 0 saturated carbocycles. The minimum Gasteiger partial charge on any atom is -0.460 e. The minimum absolute atomic E-state index is 0.462. The van der Waals surface area contributed by atoms with Crippen LogP contribution < -0.4 is 5.32 Å². The molecule has 0 spiro atoms. The van der Waals surface area contributed by atoms with Gasteiger partial charge in [0.25, 0.3) is 0 Å². The quantitative estimate of drug-likeness (QED) is 0.882. The average molecular weight is 233 g/mol. The van der Waals surface area contributed by atoms with E-state index in [9.17, 15) is 0 Å². The van der Waals surface area contributed by atoms with E-state index in [2.05, 4.69) is 24.3 Å². The van der Waals surface area contributed by atoms with Gasteiger partial charge in [0.1, 0.15) is 11.5 Å². The first-order valence-electron chi connectivity index (χ1n) is 5.89. The number of aryl methyl sites for hydroxylation is 1. The maximum Gasteiger partial charge on any atom is 0.137 e. The van der Waals surface area contributed by atoms with Crippen LogP contribution in [0.4, 0.5) is 0 Å². The molecule has 1 N–H and O–H groups in total. The van der Waals surface area contributed by atoms with Crippen molar-refractivity contribution in [3.63, 3.8) is 0 Å². The van der Waals surface area contributed by atoms with E-state index in [0.717, 1.165) is 29.3 Å². The van der Waals surface area contributed by atoms with Crippen molar-refractivity contribution in [1.82, 2.24) is 15.1 Å². The summed E-state index contributed by atoms with van der Waals surface area (Å²) in [6.45, 7) is 7.04. The van der Waals surface area contributed by atoms with Gasteiger partial charge < -0.3 is 9.73 Å². The number of nitrogens with one attached hydrogen (secondary N) is 1. The summed E-state index contributed by atoms with van der Waals surface area (Å²) in [5, 5.41) is 7.55. The van der Waals surface area contributed by atoms with Gasteiger partial charge in [0.05, 0.1) is 18.3 Å². The Morgan fingerprint density at radius 1 is 1.41 bits per heavy atom. The summed E-state index contributed by atoms with van der Waals surface area (Å²) in [5.74, 6) is 1.84. The zero-order chi connectivity index (χ0) is 12.4. The van der Waals surface area contributed by atoms with Crippen LogP contribution in [0.15, 0.2) is 22.7 Å². The van der Waals surface area contributed by atoms with E-state index < -0.39 is 0 Å². The molecular formula is C13H19N3O. The van der Waals surface area contributed by atoms with Crippen molar-refractivity contribution >= 4 is 0 Å². The van der Waals surface area contributed by atoms with Crippen LogP contribution in [0, 0.1) is 6.92 Å². The number of aromatic nitrogens is 2. The van der Waals surface area contributed by atoms with E-state index in [1.165, 1.54) is 0 Å². The fourth-order valence-corrected chi connectivity index (χ4v) is 1.66. The smallest absolute Gasteiger partial charge is 0.137 e. The molecule has 4 nitrogen and oxygen atoms in total. The van der Waals surface area contributed by atoms with E-state index >= 15 is 0 Å².